The molecule has 0 bridgehead atoms. The van der Waals surface area contributed by atoms with Gasteiger partial charge in [-0.05, 0) is 6.92 Å². The van der Waals surface area contributed by atoms with E-state index >= 15 is 0 Å². The second-order valence-corrected chi connectivity index (χ2v) is 7.35. The zero-order valence-corrected chi connectivity index (χ0v) is 16.5. The summed E-state index contributed by atoms with van der Waals surface area (Å²) in [5, 5.41) is 55.1. The Kier molecular flexibility index (Phi) is 8.31. The fraction of sp³-hybridized carbons (Fsp3) is 0.882. The molecule has 12 heteroatoms. The zero-order valence-electron chi connectivity index (χ0n) is 16.5. The summed E-state index contributed by atoms with van der Waals surface area (Å²) in [5.41, 5.74) is 0. The standard InChI is InChI=1S/C17H30N2O10/c1-6-11(18-7(2)21)15(25)14(24)10(28-6)5-27-17-12(19-8(3)22)16(26)13(23)9(4-20)29-17/h6,9-17,20,23-26H,4-5H2,1-3H3,(H,18,21)(H,19,22)/t6-,9?,10?,11?,12?,13-,14+,15-,16-,17-/m1/s1. The van der Waals surface area contributed by atoms with Crippen LogP contribution in [-0.4, -0.2) is 112 Å². The van der Waals surface area contributed by atoms with Gasteiger partial charge < -0.3 is 50.4 Å². The van der Waals surface area contributed by atoms with E-state index in [-0.39, 0.29) is 12.5 Å². The van der Waals surface area contributed by atoms with Crippen LogP contribution in [0.4, 0.5) is 0 Å². The van der Waals surface area contributed by atoms with E-state index in [1.165, 1.54) is 13.8 Å². The Balaban J connectivity index is 2.05. The summed E-state index contributed by atoms with van der Waals surface area (Å²) in [6.07, 6.45) is -9.67. The molecule has 0 saturated carbocycles. The van der Waals surface area contributed by atoms with Crippen molar-refractivity contribution in [2.75, 3.05) is 13.2 Å². The Morgan fingerprint density at radius 2 is 1.38 bits per heavy atom. The van der Waals surface area contributed by atoms with E-state index in [0.29, 0.717) is 0 Å². The molecule has 2 fully saturated rings. The van der Waals surface area contributed by atoms with Gasteiger partial charge in [-0.3, -0.25) is 9.59 Å². The number of nitrogens with one attached hydrogen (secondary N) is 2. The van der Waals surface area contributed by atoms with Crippen LogP contribution in [0.5, 0.6) is 0 Å². The molecule has 0 aliphatic carbocycles. The molecule has 10 atom stereocenters. The lowest BCUT2D eigenvalue weighted by Gasteiger charge is -2.44. The van der Waals surface area contributed by atoms with Gasteiger partial charge in [-0.1, -0.05) is 0 Å². The summed E-state index contributed by atoms with van der Waals surface area (Å²) >= 11 is 0. The lowest BCUT2D eigenvalue weighted by Crippen LogP contribution is -2.66. The van der Waals surface area contributed by atoms with E-state index < -0.39 is 73.6 Å². The van der Waals surface area contributed by atoms with E-state index in [1.807, 2.05) is 0 Å². The number of amides is 2. The summed E-state index contributed by atoms with van der Waals surface area (Å²) < 4.78 is 16.6. The molecule has 4 unspecified atom stereocenters. The van der Waals surface area contributed by atoms with Crippen molar-refractivity contribution in [3.05, 3.63) is 0 Å². The number of carbonyl (C=O) groups is 2. The molecule has 7 N–H and O–H groups in total. The van der Waals surface area contributed by atoms with E-state index in [1.54, 1.807) is 6.92 Å². The van der Waals surface area contributed by atoms with Crippen molar-refractivity contribution < 1.29 is 49.3 Å². The van der Waals surface area contributed by atoms with Crippen molar-refractivity contribution in [1.29, 1.82) is 0 Å². The molecular weight excluding hydrogens is 392 g/mol. The number of carbonyl (C=O) groups excluding carboxylic acids is 2. The molecule has 2 saturated heterocycles. The van der Waals surface area contributed by atoms with Crippen molar-refractivity contribution >= 4 is 11.8 Å². The van der Waals surface area contributed by atoms with Gasteiger partial charge in [0, 0.05) is 13.8 Å². The maximum Gasteiger partial charge on any atom is 0.217 e. The van der Waals surface area contributed by atoms with Crippen molar-refractivity contribution in [3.8, 4) is 0 Å². The predicted molar refractivity (Wildman–Crippen MR) is 95.3 cm³/mol. The van der Waals surface area contributed by atoms with Gasteiger partial charge in [0.25, 0.3) is 0 Å². The molecule has 0 aromatic carbocycles. The molecule has 0 aromatic rings. The van der Waals surface area contributed by atoms with E-state index in [4.69, 9.17) is 14.2 Å². The molecule has 12 nitrogen and oxygen atoms in total. The second kappa shape index (κ2) is 10.1. The number of aliphatic hydroxyl groups excluding tert-OH is 5. The molecule has 29 heavy (non-hydrogen) atoms. The van der Waals surface area contributed by atoms with Gasteiger partial charge in [-0.25, -0.2) is 0 Å². The minimum atomic E-state index is -1.47. The fourth-order valence-corrected chi connectivity index (χ4v) is 3.53. The van der Waals surface area contributed by atoms with Gasteiger partial charge in [0.15, 0.2) is 6.29 Å². The van der Waals surface area contributed by atoms with Gasteiger partial charge in [0.2, 0.25) is 11.8 Å². The van der Waals surface area contributed by atoms with E-state index in [0.717, 1.165) is 0 Å². The largest absolute Gasteiger partial charge is 0.394 e. The van der Waals surface area contributed by atoms with Gasteiger partial charge in [0.05, 0.1) is 25.4 Å². The summed E-state index contributed by atoms with van der Waals surface area (Å²) in [5.74, 6) is -0.889. The second-order valence-electron chi connectivity index (χ2n) is 7.35. The highest BCUT2D eigenvalue weighted by molar-refractivity contribution is 5.73. The Labute approximate surface area is 167 Å². The number of aliphatic hydroxyl groups is 5. The van der Waals surface area contributed by atoms with Gasteiger partial charge >= 0.3 is 0 Å². The average molecular weight is 422 g/mol. The minimum absolute atomic E-state index is 0.295. The van der Waals surface area contributed by atoms with Crippen LogP contribution in [0.1, 0.15) is 20.8 Å². The quantitative estimate of drug-likeness (QED) is 0.222. The third-order valence-corrected chi connectivity index (χ3v) is 5.04. The summed E-state index contributed by atoms with van der Waals surface area (Å²) in [7, 11) is 0. The van der Waals surface area contributed by atoms with Gasteiger partial charge in [-0.15, -0.1) is 0 Å². The first-order valence-corrected chi connectivity index (χ1v) is 9.36. The lowest BCUT2D eigenvalue weighted by molar-refractivity contribution is -0.284. The Hall–Kier alpha value is -1.38. The monoisotopic (exact) mass is 422 g/mol. The first-order valence-electron chi connectivity index (χ1n) is 9.36. The molecule has 0 aromatic heterocycles. The molecule has 2 rings (SSSR count). The van der Waals surface area contributed by atoms with Crippen LogP contribution < -0.4 is 10.6 Å². The highest BCUT2D eigenvalue weighted by Crippen LogP contribution is 2.25. The van der Waals surface area contributed by atoms with Gasteiger partial charge in [-0.2, -0.15) is 0 Å². The Morgan fingerprint density at radius 3 is 1.93 bits per heavy atom. The molecule has 2 aliphatic heterocycles. The first-order chi connectivity index (χ1) is 13.6. The topological polar surface area (TPSA) is 187 Å². The highest BCUT2D eigenvalue weighted by Gasteiger charge is 2.47. The van der Waals surface area contributed by atoms with Crippen LogP contribution in [0, 0.1) is 0 Å². The smallest absolute Gasteiger partial charge is 0.217 e. The predicted octanol–water partition coefficient (Wildman–Crippen LogP) is -4.04. The van der Waals surface area contributed by atoms with E-state index in [2.05, 4.69) is 10.6 Å². The minimum Gasteiger partial charge on any atom is -0.394 e. The molecule has 2 amide bonds. The number of rotatable bonds is 6. The lowest BCUT2D eigenvalue weighted by atomic mass is 9.93. The summed E-state index contributed by atoms with van der Waals surface area (Å²) in [6.45, 7) is 3.21. The maximum atomic E-state index is 11.4. The third kappa shape index (κ3) is 5.61. The van der Waals surface area contributed by atoms with Crippen LogP contribution >= 0.6 is 0 Å². The molecule has 0 radical (unpaired) electrons. The fourth-order valence-electron chi connectivity index (χ4n) is 3.53. The summed E-state index contributed by atoms with van der Waals surface area (Å²) in [6, 6.07) is -1.95. The van der Waals surface area contributed by atoms with Crippen molar-refractivity contribution in [3.63, 3.8) is 0 Å². The Bertz CT molecular complexity index is 578. The Morgan fingerprint density at radius 1 is 0.862 bits per heavy atom. The van der Waals surface area contributed by atoms with Crippen molar-refractivity contribution in [2.24, 2.45) is 0 Å². The number of ether oxygens (including phenoxy) is 3. The van der Waals surface area contributed by atoms with Crippen LogP contribution in [0.2, 0.25) is 0 Å². The van der Waals surface area contributed by atoms with Gasteiger partial charge in [0.1, 0.15) is 42.7 Å². The molecular formula is C17H30N2O10. The molecule has 2 aliphatic rings. The van der Waals surface area contributed by atoms with Crippen LogP contribution in [0.3, 0.4) is 0 Å². The van der Waals surface area contributed by atoms with Crippen molar-refractivity contribution in [1.82, 2.24) is 10.6 Å². The highest BCUT2D eigenvalue weighted by atomic mass is 16.7. The first kappa shape index (κ1) is 23.9. The van der Waals surface area contributed by atoms with Crippen LogP contribution in [0.25, 0.3) is 0 Å². The van der Waals surface area contributed by atoms with Crippen LogP contribution in [-0.2, 0) is 23.8 Å². The average Bonchev–Trinajstić information content (AvgIpc) is 2.65. The zero-order chi connectivity index (χ0) is 21.9. The maximum absolute atomic E-state index is 11.4. The van der Waals surface area contributed by atoms with Crippen molar-refractivity contribution in [2.45, 2.75) is 81.9 Å². The molecule has 168 valence electrons. The SMILES string of the molecule is CC(=O)NC1[C@H](OCC2O[C@H](C)C(NC(C)=O)[C@@H](O)[C@H]2O)OC(CO)[C@@H](O)[C@@H]1O. The third-order valence-electron chi connectivity index (χ3n) is 5.04. The molecule has 2 heterocycles. The number of hydrogen-bond acceptors (Lipinski definition) is 10. The number of hydrogen-bond donors (Lipinski definition) is 7. The van der Waals surface area contributed by atoms with E-state index in [9.17, 15) is 35.1 Å². The van der Waals surface area contributed by atoms with Crippen LogP contribution in [0.15, 0.2) is 0 Å². The normalized spacial score (nSPS) is 42.9. The molecule has 0 spiro atoms. The summed E-state index contributed by atoms with van der Waals surface area (Å²) in [4.78, 5) is 22.7.